The molecule has 0 aromatic heterocycles. The smallest absolute Gasteiger partial charge is 0.00828 e. The van der Waals surface area contributed by atoms with Crippen LogP contribution in [0.5, 0.6) is 0 Å². The Bertz CT molecular complexity index is 1260. The minimum atomic E-state index is 0.353. The standard InChI is InChI=1S/C37H46/c1-23(2)32-16-15-26(5)34(28(32)7)20-29-19-31-13-10-14-33(36(31)21-29)37-18-24(3)17-27(6)35(37)22-30-12-9-8-11-25(30)4/h10,13-19,23,25,30,32,34H,5,7-9,11-12,20-22H2,1-4,6H3/t25-,30?,32?,34?/m0/s1. The third-order valence-electron chi connectivity index (χ3n) is 9.66. The maximum Gasteiger partial charge on any atom is 0.00828 e. The molecule has 1 fully saturated rings. The van der Waals surface area contributed by atoms with E-state index in [0.717, 1.165) is 24.7 Å². The van der Waals surface area contributed by atoms with Gasteiger partial charge in [-0.2, -0.15) is 0 Å². The lowest BCUT2D eigenvalue weighted by molar-refractivity contribution is 0.254. The molecule has 194 valence electrons. The molecule has 1 saturated carbocycles. The van der Waals surface area contributed by atoms with E-state index in [1.165, 1.54) is 82.2 Å². The average Bonchev–Trinajstić information content (AvgIpc) is 3.27. The van der Waals surface area contributed by atoms with Gasteiger partial charge in [0.1, 0.15) is 0 Å². The zero-order valence-electron chi connectivity index (χ0n) is 23.9. The van der Waals surface area contributed by atoms with Crippen molar-refractivity contribution in [1.29, 1.82) is 0 Å². The number of fused-ring (bicyclic) bond motifs is 1. The number of rotatable bonds is 6. The van der Waals surface area contributed by atoms with Gasteiger partial charge in [0.15, 0.2) is 0 Å². The van der Waals surface area contributed by atoms with E-state index in [1.54, 1.807) is 5.56 Å². The number of aryl methyl sites for hydroxylation is 2. The topological polar surface area (TPSA) is 0 Å². The van der Waals surface area contributed by atoms with Crippen molar-refractivity contribution in [3.63, 3.8) is 0 Å². The van der Waals surface area contributed by atoms with E-state index in [0.29, 0.717) is 17.8 Å². The van der Waals surface area contributed by atoms with Crippen LogP contribution in [0.3, 0.4) is 0 Å². The molecule has 0 heterocycles. The third-order valence-corrected chi connectivity index (χ3v) is 9.66. The number of hydrogen-bond acceptors (Lipinski definition) is 0. The highest BCUT2D eigenvalue weighted by atomic mass is 14.3. The third kappa shape index (κ3) is 5.22. The summed E-state index contributed by atoms with van der Waals surface area (Å²) in [5.41, 5.74) is 14.4. The molecular formula is C37H46. The lowest BCUT2D eigenvalue weighted by atomic mass is 9.72. The normalized spacial score (nSPS) is 25.5. The Morgan fingerprint density at radius 2 is 1.76 bits per heavy atom. The second-order valence-electron chi connectivity index (χ2n) is 12.7. The summed E-state index contributed by atoms with van der Waals surface area (Å²) in [4.78, 5) is 0. The highest BCUT2D eigenvalue weighted by molar-refractivity contribution is 5.80. The van der Waals surface area contributed by atoms with Gasteiger partial charge in [-0.05, 0) is 96.2 Å². The van der Waals surface area contributed by atoms with Crippen LogP contribution in [-0.2, 0) is 12.8 Å². The van der Waals surface area contributed by atoms with Crippen LogP contribution in [0.15, 0.2) is 72.4 Å². The Kier molecular flexibility index (Phi) is 7.49. The van der Waals surface area contributed by atoms with Crippen molar-refractivity contribution < 1.29 is 0 Å². The molecule has 0 N–H and O–H groups in total. The fraction of sp³-hybridized carbons (Fsp3) is 0.459. The van der Waals surface area contributed by atoms with E-state index >= 15 is 0 Å². The summed E-state index contributed by atoms with van der Waals surface area (Å²) in [6, 6.07) is 11.8. The molecule has 37 heavy (non-hydrogen) atoms. The van der Waals surface area contributed by atoms with Crippen LogP contribution in [0.1, 0.15) is 80.7 Å². The van der Waals surface area contributed by atoms with Crippen LogP contribution in [0.4, 0.5) is 0 Å². The summed E-state index contributed by atoms with van der Waals surface area (Å²) in [6.07, 6.45) is 15.9. The predicted molar refractivity (Wildman–Crippen MR) is 162 cm³/mol. The van der Waals surface area contributed by atoms with Gasteiger partial charge in [0.25, 0.3) is 0 Å². The Morgan fingerprint density at radius 3 is 2.51 bits per heavy atom. The molecule has 3 aliphatic rings. The lowest BCUT2D eigenvalue weighted by Crippen LogP contribution is -2.21. The van der Waals surface area contributed by atoms with E-state index in [2.05, 4.69) is 96.3 Å². The van der Waals surface area contributed by atoms with Gasteiger partial charge in [-0.15, -0.1) is 0 Å². The highest BCUT2D eigenvalue weighted by Crippen LogP contribution is 2.44. The van der Waals surface area contributed by atoms with E-state index in [9.17, 15) is 0 Å². The van der Waals surface area contributed by atoms with Gasteiger partial charge < -0.3 is 0 Å². The molecule has 3 aliphatic carbocycles. The van der Waals surface area contributed by atoms with Gasteiger partial charge in [0, 0.05) is 11.8 Å². The monoisotopic (exact) mass is 490 g/mol. The molecule has 0 heteroatoms. The first-order chi connectivity index (χ1) is 17.7. The Balaban J connectivity index is 1.44. The highest BCUT2D eigenvalue weighted by Gasteiger charge is 2.30. The predicted octanol–water partition coefficient (Wildman–Crippen LogP) is 10.2. The van der Waals surface area contributed by atoms with E-state index in [1.807, 2.05) is 0 Å². The summed E-state index contributed by atoms with van der Waals surface area (Å²) >= 11 is 0. The maximum absolute atomic E-state index is 4.56. The van der Waals surface area contributed by atoms with Crippen molar-refractivity contribution in [1.82, 2.24) is 0 Å². The van der Waals surface area contributed by atoms with Crippen molar-refractivity contribution in [2.45, 2.75) is 79.6 Å². The SMILES string of the molecule is C=C1C=CC(C(C)C)C(=C)C1CC1=Cc2cccc(-c3cc(C)cc(C)c3CC3CCCC[C@@H]3C)c2C1. The van der Waals surface area contributed by atoms with Gasteiger partial charge in [0.2, 0.25) is 0 Å². The van der Waals surface area contributed by atoms with Crippen LogP contribution in [-0.4, -0.2) is 0 Å². The first kappa shape index (κ1) is 26.0. The van der Waals surface area contributed by atoms with Gasteiger partial charge in [-0.25, -0.2) is 0 Å². The Hall–Kier alpha value is -2.60. The molecule has 2 aromatic carbocycles. The fourth-order valence-electron chi connectivity index (χ4n) is 7.40. The first-order valence-electron chi connectivity index (χ1n) is 14.7. The van der Waals surface area contributed by atoms with Crippen molar-refractivity contribution in [3.8, 4) is 11.1 Å². The lowest BCUT2D eigenvalue weighted by Gasteiger charge is -2.32. The molecule has 0 saturated heterocycles. The molecule has 4 atom stereocenters. The molecule has 3 unspecified atom stereocenters. The van der Waals surface area contributed by atoms with Crippen molar-refractivity contribution in [2.24, 2.45) is 29.6 Å². The van der Waals surface area contributed by atoms with E-state index in [-0.39, 0.29) is 0 Å². The second kappa shape index (κ2) is 10.6. The fourth-order valence-corrected chi connectivity index (χ4v) is 7.40. The number of benzene rings is 2. The van der Waals surface area contributed by atoms with Gasteiger partial charge in [0.05, 0.1) is 0 Å². The minimum Gasteiger partial charge on any atom is -0.0986 e. The van der Waals surface area contributed by atoms with Crippen LogP contribution in [0.2, 0.25) is 0 Å². The summed E-state index contributed by atoms with van der Waals surface area (Å²) in [7, 11) is 0. The zero-order valence-corrected chi connectivity index (χ0v) is 23.9. The summed E-state index contributed by atoms with van der Waals surface area (Å²) in [5, 5.41) is 0. The molecule has 0 bridgehead atoms. The summed E-state index contributed by atoms with van der Waals surface area (Å²) < 4.78 is 0. The van der Waals surface area contributed by atoms with Crippen molar-refractivity contribution in [3.05, 3.63) is 100 Å². The molecule has 0 nitrogen and oxygen atoms in total. The minimum absolute atomic E-state index is 0.353. The first-order valence-corrected chi connectivity index (χ1v) is 14.7. The molecule has 0 aliphatic heterocycles. The summed E-state index contributed by atoms with van der Waals surface area (Å²) in [5.74, 6) is 3.03. The second-order valence-corrected chi connectivity index (χ2v) is 12.7. The summed E-state index contributed by atoms with van der Waals surface area (Å²) in [6.45, 7) is 20.7. The molecule has 5 rings (SSSR count). The molecule has 0 radical (unpaired) electrons. The van der Waals surface area contributed by atoms with Crippen LogP contribution in [0, 0.1) is 43.4 Å². The average molecular weight is 491 g/mol. The quantitative estimate of drug-likeness (QED) is 0.353. The maximum atomic E-state index is 4.56. The van der Waals surface area contributed by atoms with Crippen molar-refractivity contribution >= 4 is 6.08 Å². The Labute approximate surface area is 226 Å². The zero-order chi connectivity index (χ0) is 26.3. The molecule has 0 amide bonds. The largest absolute Gasteiger partial charge is 0.0986 e. The molecular weight excluding hydrogens is 444 g/mol. The van der Waals surface area contributed by atoms with Crippen LogP contribution in [0.25, 0.3) is 17.2 Å². The Morgan fingerprint density at radius 1 is 0.973 bits per heavy atom. The van der Waals surface area contributed by atoms with E-state index in [4.69, 9.17) is 0 Å². The van der Waals surface area contributed by atoms with Crippen LogP contribution >= 0.6 is 0 Å². The molecule has 0 spiro atoms. The van der Waals surface area contributed by atoms with Gasteiger partial charge >= 0.3 is 0 Å². The van der Waals surface area contributed by atoms with Crippen molar-refractivity contribution in [2.75, 3.05) is 0 Å². The number of hydrogen-bond donors (Lipinski definition) is 0. The number of allylic oxidation sites excluding steroid dienone is 5. The van der Waals surface area contributed by atoms with E-state index < -0.39 is 0 Å². The molecule has 2 aromatic rings. The van der Waals surface area contributed by atoms with Gasteiger partial charge in [-0.3, -0.25) is 0 Å². The van der Waals surface area contributed by atoms with Gasteiger partial charge in [-0.1, -0.05) is 118 Å². The van der Waals surface area contributed by atoms with Crippen LogP contribution < -0.4 is 0 Å².